The van der Waals surface area contributed by atoms with E-state index < -0.39 is 0 Å². The number of benzene rings is 1. The van der Waals surface area contributed by atoms with Crippen molar-refractivity contribution in [3.8, 4) is 0 Å². The molecule has 1 aliphatic rings. The van der Waals surface area contributed by atoms with Gasteiger partial charge in [0.2, 0.25) is 5.91 Å². The van der Waals surface area contributed by atoms with Gasteiger partial charge in [0.25, 0.3) is 0 Å². The van der Waals surface area contributed by atoms with Crippen LogP contribution in [-0.4, -0.2) is 32.9 Å². The van der Waals surface area contributed by atoms with Gasteiger partial charge in [0.1, 0.15) is 5.82 Å². The Morgan fingerprint density at radius 1 is 1.24 bits per heavy atom. The van der Waals surface area contributed by atoms with E-state index >= 15 is 0 Å². The van der Waals surface area contributed by atoms with Gasteiger partial charge in [-0.2, -0.15) is 0 Å². The average molecular weight is 339 g/mol. The van der Waals surface area contributed by atoms with Crippen LogP contribution in [0.1, 0.15) is 49.2 Å². The minimum Gasteiger partial charge on any atom is -0.340 e. The summed E-state index contributed by atoms with van der Waals surface area (Å²) < 4.78 is 2.15. The molecule has 1 unspecified atom stereocenters. The number of likely N-dealkylation sites (tertiary alicyclic amines) is 1. The van der Waals surface area contributed by atoms with Gasteiger partial charge in [0.05, 0.1) is 0 Å². The minimum absolute atomic E-state index is 0.328. The Hall–Kier alpha value is -2.10. The molecule has 2 aromatic rings. The van der Waals surface area contributed by atoms with Crippen LogP contribution in [0.3, 0.4) is 0 Å². The lowest BCUT2D eigenvalue weighted by Gasteiger charge is -2.25. The fourth-order valence-corrected chi connectivity index (χ4v) is 3.77. The number of hydrogen-bond acceptors (Lipinski definition) is 2. The zero-order valence-electron chi connectivity index (χ0n) is 15.4. The molecule has 0 radical (unpaired) electrons. The van der Waals surface area contributed by atoms with Gasteiger partial charge in [-0.3, -0.25) is 4.79 Å². The Balaban J connectivity index is 1.47. The van der Waals surface area contributed by atoms with E-state index in [1.54, 1.807) is 0 Å². The topological polar surface area (TPSA) is 38.1 Å². The summed E-state index contributed by atoms with van der Waals surface area (Å²) >= 11 is 0. The number of nitrogens with zero attached hydrogens (tertiary/aromatic N) is 3. The summed E-state index contributed by atoms with van der Waals surface area (Å²) in [6.07, 6.45) is 8.74. The van der Waals surface area contributed by atoms with Crippen LogP contribution in [0.25, 0.3) is 0 Å². The number of hydrogen-bond donors (Lipinski definition) is 0. The SMILES string of the molecule is Cc1cnc(CCC2CCCN2C(=O)CCCc2ccccc2)n1C. The number of carbonyl (C=O) groups is 1. The van der Waals surface area contributed by atoms with Crippen molar-refractivity contribution in [3.05, 3.63) is 53.6 Å². The van der Waals surface area contributed by atoms with Crippen LogP contribution in [0, 0.1) is 6.92 Å². The van der Waals surface area contributed by atoms with E-state index in [2.05, 4.69) is 52.7 Å². The molecule has 1 saturated heterocycles. The summed E-state index contributed by atoms with van der Waals surface area (Å²) in [4.78, 5) is 19.2. The van der Waals surface area contributed by atoms with Gasteiger partial charge in [-0.05, 0) is 44.6 Å². The number of rotatable bonds is 7. The van der Waals surface area contributed by atoms with E-state index in [4.69, 9.17) is 0 Å². The molecule has 1 fully saturated rings. The van der Waals surface area contributed by atoms with Crippen LogP contribution in [-0.2, 0) is 24.7 Å². The summed E-state index contributed by atoms with van der Waals surface area (Å²) in [5.74, 6) is 1.45. The molecule has 1 amide bonds. The summed E-state index contributed by atoms with van der Waals surface area (Å²) in [5, 5.41) is 0. The first kappa shape index (κ1) is 17.7. The first-order valence-corrected chi connectivity index (χ1v) is 9.45. The monoisotopic (exact) mass is 339 g/mol. The maximum atomic E-state index is 12.6. The zero-order chi connectivity index (χ0) is 17.6. The number of aryl methyl sites for hydroxylation is 3. The lowest BCUT2D eigenvalue weighted by atomic mass is 10.1. The van der Waals surface area contributed by atoms with Crippen LogP contribution in [0.5, 0.6) is 0 Å². The molecule has 3 rings (SSSR count). The Morgan fingerprint density at radius 2 is 2.04 bits per heavy atom. The van der Waals surface area contributed by atoms with E-state index in [9.17, 15) is 4.79 Å². The fraction of sp³-hybridized carbons (Fsp3) is 0.524. The van der Waals surface area contributed by atoms with Gasteiger partial charge in [0, 0.05) is 44.4 Å². The predicted molar refractivity (Wildman–Crippen MR) is 100 cm³/mol. The standard InChI is InChI=1S/C21H29N3O/c1-17-16-22-20(23(17)2)14-13-19-11-7-15-24(19)21(25)12-6-10-18-8-4-3-5-9-18/h3-5,8-9,16,19H,6-7,10-15H2,1-2H3. The number of aromatic nitrogens is 2. The smallest absolute Gasteiger partial charge is 0.222 e. The molecule has 1 aromatic heterocycles. The molecule has 1 aromatic carbocycles. The molecular formula is C21H29N3O. The Labute approximate surface area is 150 Å². The third kappa shape index (κ3) is 4.50. The molecular weight excluding hydrogens is 310 g/mol. The highest BCUT2D eigenvalue weighted by Gasteiger charge is 2.28. The van der Waals surface area contributed by atoms with Crippen molar-refractivity contribution in [2.75, 3.05) is 6.54 Å². The van der Waals surface area contributed by atoms with Crippen molar-refractivity contribution in [1.82, 2.24) is 14.5 Å². The van der Waals surface area contributed by atoms with Gasteiger partial charge in [0.15, 0.2) is 0 Å². The van der Waals surface area contributed by atoms with Crippen molar-refractivity contribution in [2.45, 2.75) is 57.9 Å². The molecule has 2 heterocycles. The molecule has 134 valence electrons. The number of carbonyl (C=O) groups excluding carboxylic acids is 1. The third-order valence-electron chi connectivity index (χ3n) is 5.41. The minimum atomic E-state index is 0.328. The molecule has 4 nitrogen and oxygen atoms in total. The second kappa shape index (κ2) is 8.32. The molecule has 0 aliphatic carbocycles. The first-order valence-electron chi connectivity index (χ1n) is 9.45. The summed E-state index contributed by atoms with van der Waals surface area (Å²) in [6.45, 7) is 3.00. The van der Waals surface area contributed by atoms with Crippen molar-refractivity contribution in [2.24, 2.45) is 7.05 Å². The highest BCUT2D eigenvalue weighted by Crippen LogP contribution is 2.23. The normalized spacial score (nSPS) is 17.2. The molecule has 1 aliphatic heterocycles. The van der Waals surface area contributed by atoms with Crippen molar-refractivity contribution in [3.63, 3.8) is 0 Å². The number of amides is 1. The molecule has 0 spiro atoms. The highest BCUT2D eigenvalue weighted by atomic mass is 16.2. The van der Waals surface area contributed by atoms with Crippen LogP contribution < -0.4 is 0 Å². The largest absolute Gasteiger partial charge is 0.340 e. The van der Waals surface area contributed by atoms with E-state index in [1.165, 1.54) is 11.3 Å². The molecule has 25 heavy (non-hydrogen) atoms. The van der Waals surface area contributed by atoms with Gasteiger partial charge in [-0.15, -0.1) is 0 Å². The van der Waals surface area contributed by atoms with Crippen LogP contribution in [0.15, 0.2) is 36.5 Å². The van der Waals surface area contributed by atoms with E-state index in [1.807, 2.05) is 12.3 Å². The summed E-state index contributed by atoms with van der Waals surface area (Å²) in [7, 11) is 2.07. The Morgan fingerprint density at radius 3 is 2.76 bits per heavy atom. The summed E-state index contributed by atoms with van der Waals surface area (Å²) in [6, 6.07) is 10.8. The van der Waals surface area contributed by atoms with Crippen molar-refractivity contribution < 1.29 is 4.79 Å². The predicted octanol–water partition coefficient (Wildman–Crippen LogP) is 3.68. The lowest BCUT2D eigenvalue weighted by molar-refractivity contribution is -0.132. The maximum absolute atomic E-state index is 12.6. The zero-order valence-corrected chi connectivity index (χ0v) is 15.4. The van der Waals surface area contributed by atoms with Crippen LogP contribution in [0.2, 0.25) is 0 Å². The maximum Gasteiger partial charge on any atom is 0.222 e. The van der Waals surface area contributed by atoms with Gasteiger partial charge in [-0.1, -0.05) is 30.3 Å². The molecule has 0 saturated carbocycles. The van der Waals surface area contributed by atoms with Crippen LogP contribution >= 0.6 is 0 Å². The molecule has 0 N–H and O–H groups in total. The molecule has 4 heteroatoms. The highest BCUT2D eigenvalue weighted by molar-refractivity contribution is 5.76. The van der Waals surface area contributed by atoms with Gasteiger partial charge >= 0.3 is 0 Å². The Kier molecular flexibility index (Phi) is 5.90. The fourth-order valence-electron chi connectivity index (χ4n) is 3.77. The van der Waals surface area contributed by atoms with Crippen molar-refractivity contribution in [1.29, 1.82) is 0 Å². The van der Waals surface area contributed by atoms with Crippen LogP contribution in [0.4, 0.5) is 0 Å². The summed E-state index contributed by atoms with van der Waals surface area (Å²) in [5.41, 5.74) is 2.51. The Bertz CT molecular complexity index is 692. The molecule has 0 bridgehead atoms. The quantitative estimate of drug-likeness (QED) is 0.772. The van der Waals surface area contributed by atoms with Gasteiger partial charge in [-0.25, -0.2) is 4.98 Å². The second-order valence-electron chi connectivity index (χ2n) is 7.14. The third-order valence-corrected chi connectivity index (χ3v) is 5.41. The van der Waals surface area contributed by atoms with E-state index in [0.29, 0.717) is 18.4 Å². The second-order valence-corrected chi connectivity index (χ2v) is 7.14. The van der Waals surface area contributed by atoms with Gasteiger partial charge < -0.3 is 9.47 Å². The first-order chi connectivity index (χ1) is 12.1. The molecule has 1 atom stereocenters. The van der Waals surface area contributed by atoms with E-state index in [-0.39, 0.29) is 0 Å². The van der Waals surface area contributed by atoms with E-state index in [0.717, 1.165) is 50.9 Å². The average Bonchev–Trinajstić information content (AvgIpc) is 3.22. The number of imidazole rings is 1. The lowest BCUT2D eigenvalue weighted by Crippen LogP contribution is -2.35. The van der Waals surface area contributed by atoms with Crippen molar-refractivity contribution >= 4 is 5.91 Å².